The Bertz CT molecular complexity index is 919. The zero-order valence-electron chi connectivity index (χ0n) is 16.2. The van der Waals surface area contributed by atoms with Gasteiger partial charge in [-0.25, -0.2) is 14.8 Å². The second-order valence-electron chi connectivity index (χ2n) is 6.82. The van der Waals surface area contributed by atoms with E-state index in [2.05, 4.69) is 15.0 Å². The van der Waals surface area contributed by atoms with Crippen LogP contribution in [0.4, 0.5) is 4.79 Å². The molecule has 1 N–H and O–H groups in total. The molecule has 0 radical (unpaired) electrons. The highest BCUT2D eigenvalue weighted by Crippen LogP contribution is 2.29. The Hall–Kier alpha value is -2.39. The van der Waals surface area contributed by atoms with Gasteiger partial charge in [0.25, 0.3) is 0 Å². The monoisotopic (exact) mass is 429 g/mol. The minimum Gasteiger partial charge on any atom is -0.410 e. The second-order valence-corrected chi connectivity index (χ2v) is 9.05. The number of imidazole rings is 2. The fraction of sp³-hybridized carbons (Fsp3) is 0.350. The Morgan fingerprint density at radius 1 is 1.21 bits per heavy atom. The molecular weight excluding hydrogens is 406 g/mol. The number of aromatic amines is 1. The first-order valence-electron chi connectivity index (χ1n) is 9.49. The highest BCUT2D eigenvalue weighted by Gasteiger charge is 2.25. The van der Waals surface area contributed by atoms with Crippen LogP contribution < -0.4 is 4.74 Å². The molecule has 1 aliphatic rings. The number of nitrogens with zero attached hydrogens (tertiary/aromatic N) is 4. The number of carbonyl (C=O) groups excluding carboxylic acids is 1. The van der Waals surface area contributed by atoms with E-state index in [4.69, 9.17) is 4.74 Å². The van der Waals surface area contributed by atoms with E-state index >= 15 is 0 Å². The van der Waals surface area contributed by atoms with E-state index in [1.54, 1.807) is 34.6 Å². The summed E-state index contributed by atoms with van der Waals surface area (Å²) in [4.78, 5) is 25.9. The van der Waals surface area contributed by atoms with Crippen molar-refractivity contribution in [3.05, 3.63) is 54.6 Å². The Labute approximate surface area is 178 Å². The number of hydrogen-bond acceptors (Lipinski definition) is 6. The smallest absolute Gasteiger partial charge is 0.410 e. The molecule has 1 saturated heterocycles. The third-order valence-corrected chi connectivity index (χ3v) is 7.11. The van der Waals surface area contributed by atoms with Crippen LogP contribution in [0.15, 0.2) is 59.4 Å². The molecule has 3 heterocycles. The van der Waals surface area contributed by atoms with Gasteiger partial charge in [0, 0.05) is 55.9 Å². The van der Waals surface area contributed by atoms with Crippen LogP contribution in [0.3, 0.4) is 0 Å². The predicted octanol–water partition coefficient (Wildman–Crippen LogP) is 4.19. The van der Waals surface area contributed by atoms with E-state index < -0.39 is 0 Å². The standard InChI is InChI=1S/C20H23N5O2S2/c1-24-13-10-23-19(24)29-17-6-11-25(12-7-17)20(26)27-16-4-2-15(3-5-16)14-28-18-21-8-9-22-18/h2-5,8-10,13,17H,6-7,11-12,14H2,1H3,(H,21,22). The summed E-state index contributed by atoms with van der Waals surface area (Å²) >= 11 is 3.42. The van der Waals surface area contributed by atoms with Crippen molar-refractivity contribution >= 4 is 29.6 Å². The lowest BCUT2D eigenvalue weighted by molar-refractivity contribution is 0.143. The van der Waals surface area contributed by atoms with Crippen molar-refractivity contribution in [2.45, 2.75) is 34.2 Å². The molecule has 1 aromatic carbocycles. The molecule has 7 nitrogen and oxygen atoms in total. The van der Waals surface area contributed by atoms with Gasteiger partial charge in [-0.15, -0.1) is 0 Å². The molecule has 3 aromatic rings. The van der Waals surface area contributed by atoms with Gasteiger partial charge in [-0.2, -0.15) is 0 Å². The van der Waals surface area contributed by atoms with Gasteiger partial charge < -0.3 is 19.2 Å². The number of carbonyl (C=O) groups is 1. The van der Waals surface area contributed by atoms with Crippen molar-refractivity contribution in [1.29, 1.82) is 0 Å². The number of rotatable bonds is 6. The molecule has 1 amide bonds. The minimum atomic E-state index is -0.275. The molecule has 4 rings (SSSR count). The summed E-state index contributed by atoms with van der Waals surface area (Å²) < 4.78 is 7.59. The lowest BCUT2D eigenvalue weighted by Crippen LogP contribution is -2.40. The molecule has 1 aliphatic heterocycles. The number of aromatic nitrogens is 4. The van der Waals surface area contributed by atoms with Crippen LogP contribution in [0.5, 0.6) is 5.75 Å². The first kappa shape index (κ1) is 19.9. The molecule has 0 spiro atoms. The first-order chi connectivity index (χ1) is 14.2. The zero-order valence-corrected chi connectivity index (χ0v) is 17.8. The number of aryl methyl sites for hydroxylation is 1. The lowest BCUT2D eigenvalue weighted by atomic mass is 10.1. The van der Waals surface area contributed by atoms with Crippen molar-refractivity contribution < 1.29 is 9.53 Å². The van der Waals surface area contributed by atoms with Gasteiger partial charge >= 0.3 is 6.09 Å². The molecular formula is C20H23N5O2S2. The quantitative estimate of drug-likeness (QED) is 0.592. The number of benzene rings is 1. The van der Waals surface area contributed by atoms with Crippen molar-refractivity contribution in [2.75, 3.05) is 13.1 Å². The second kappa shape index (κ2) is 9.41. The molecule has 0 atom stereocenters. The van der Waals surface area contributed by atoms with E-state index in [0.717, 1.165) is 34.5 Å². The summed E-state index contributed by atoms with van der Waals surface area (Å²) in [6.45, 7) is 1.41. The first-order valence-corrected chi connectivity index (χ1v) is 11.4. The molecule has 0 bridgehead atoms. The highest BCUT2D eigenvalue weighted by molar-refractivity contribution is 7.99. The molecule has 0 unspecified atom stereocenters. The number of thioether (sulfide) groups is 2. The van der Waals surface area contributed by atoms with Gasteiger partial charge in [0.2, 0.25) is 0 Å². The summed E-state index contributed by atoms with van der Waals surface area (Å²) in [5, 5.41) is 2.40. The normalized spacial score (nSPS) is 14.9. The molecule has 29 heavy (non-hydrogen) atoms. The number of H-pyrrole nitrogens is 1. The average Bonchev–Trinajstić information content (AvgIpc) is 3.40. The van der Waals surface area contributed by atoms with E-state index in [1.165, 1.54) is 0 Å². The summed E-state index contributed by atoms with van der Waals surface area (Å²) in [5.41, 5.74) is 1.15. The van der Waals surface area contributed by atoms with Crippen LogP contribution in [0.1, 0.15) is 18.4 Å². The van der Waals surface area contributed by atoms with Crippen molar-refractivity contribution in [2.24, 2.45) is 7.05 Å². The van der Waals surface area contributed by atoms with E-state index in [-0.39, 0.29) is 6.09 Å². The Morgan fingerprint density at radius 2 is 2.00 bits per heavy atom. The van der Waals surface area contributed by atoms with Crippen LogP contribution in [0, 0.1) is 0 Å². The van der Waals surface area contributed by atoms with Gasteiger partial charge in [-0.1, -0.05) is 35.7 Å². The predicted molar refractivity (Wildman–Crippen MR) is 114 cm³/mol. The Kier molecular flexibility index (Phi) is 6.46. The average molecular weight is 430 g/mol. The fourth-order valence-electron chi connectivity index (χ4n) is 3.07. The topological polar surface area (TPSA) is 76.0 Å². The maximum atomic E-state index is 12.5. The van der Waals surface area contributed by atoms with E-state index in [9.17, 15) is 4.79 Å². The minimum absolute atomic E-state index is 0.275. The van der Waals surface area contributed by atoms with Crippen LogP contribution in [0.2, 0.25) is 0 Å². The fourth-order valence-corrected chi connectivity index (χ4v) is 4.95. The van der Waals surface area contributed by atoms with Crippen molar-refractivity contribution in [3.63, 3.8) is 0 Å². The molecule has 9 heteroatoms. The molecule has 2 aromatic heterocycles. The third kappa shape index (κ3) is 5.36. The van der Waals surface area contributed by atoms with E-state index in [1.807, 2.05) is 54.5 Å². The Morgan fingerprint density at radius 3 is 2.66 bits per heavy atom. The van der Waals surface area contributed by atoms with Gasteiger partial charge in [-0.05, 0) is 30.5 Å². The van der Waals surface area contributed by atoms with Crippen LogP contribution in [0.25, 0.3) is 0 Å². The molecule has 1 fully saturated rings. The summed E-state index contributed by atoms with van der Waals surface area (Å²) in [6, 6.07) is 7.65. The number of amides is 1. The number of hydrogen-bond donors (Lipinski definition) is 1. The van der Waals surface area contributed by atoms with Gasteiger partial charge in [0.1, 0.15) is 5.75 Å². The summed E-state index contributed by atoms with van der Waals surface area (Å²) in [7, 11) is 2.00. The molecule has 0 aliphatic carbocycles. The zero-order chi connectivity index (χ0) is 20.1. The molecule has 152 valence electrons. The van der Waals surface area contributed by atoms with E-state index in [0.29, 0.717) is 24.1 Å². The maximum absolute atomic E-state index is 12.5. The van der Waals surface area contributed by atoms with Crippen molar-refractivity contribution in [1.82, 2.24) is 24.4 Å². The summed E-state index contributed by atoms with van der Waals surface area (Å²) in [6.07, 6.45) is 8.93. The van der Waals surface area contributed by atoms with Crippen LogP contribution in [-0.2, 0) is 12.8 Å². The van der Waals surface area contributed by atoms with Crippen LogP contribution >= 0.6 is 23.5 Å². The Balaban J connectivity index is 1.22. The van der Waals surface area contributed by atoms with Gasteiger partial charge in [0.05, 0.1) is 0 Å². The summed E-state index contributed by atoms with van der Waals surface area (Å²) in [5.74, 6) is 1.38. The number of nitrogens with one attached hydrogen (secondary N) is 1. The number of piperidine rings is 1. The largest absolute Gasteiger partial charge is 0.415 e. The number of likely N-dealkylation sites (tertiary alicyclic amines) is 1. The maximum Gasteiger partial charge on any atom is 0.415 e. The van der Waals surface area contributed by atoms with Gasteiger partial charge in [0.15, 0.2) is 10.3 Å². The molecule has 0 saturated carbocycles. The number of ether oxygens (including phenoxy) is 1. The van der Waals surface area contributed by atoms with Crippen LogP contribution in [-0.4, -0.2) is 48.9 Å². The lowest BCUT2D eigenvalue weighted by Gasteiger charge is -2.30. The SMILES string of the molecule is Cn1ccnc1SC1CCN(C(=O)Oc2ccc(CSc3ncc[nH]3)cc2)CC1. The van der Waals surface area contributed by atoms with Crippen molar-refractivity contribution in [3.8, 4) is 5.75 Å². The highest BCUT2D eigenvalue weighted by atomic mass is 32.2. The third-order valence-electron chi connectivity index (χ3n) is 4.73. The van der Waals surface area contributed by atoms with Gasteiger partial charge in [-0.3, -0.25) is 0 Å².